The first kappa shape index (κ1) is 28.2. The molecule has 1 unspecified atom stereocenters. The van der Waals surface area contributed by atoms with E-state index in [1.807, 2.05) is 67.6 Å². The molecule has 0 heterocycles. The molecule has 0 aliphatic rings. The Hall–Kier alpha value is -3.36. The first-order valence-electron chi connectivity index (χ1n) is 12.0. The Balaban J connectivity index is 2.05. The molecule has 9 heteroatoms. The molecule has 1 N–H and O–H groups in total. The highest BCUT2D eigenvalue weighted by atomic mass is 35.5. The Morgan fingerprint density at radius 1 is 0.919 bits per heavy atom. The molecular formula is C28H32ClN3O4S. The summed E-state index contributed by atoms with van der Waals surface area (Å²) >= 11 is 6.26. The summed E-state index contributed by atoms with van der Waals surface area (Å²) in [5, 5.41) is 3.23. The fourth-order valence-electron chi connectivity index (χ4n) is 4.09. The van der Waals surface area contributed by atoms with Gasteiger partial charge in [-0.1, -0.05) is 78.3 Å². The smallest absolute Gasteiger partial charge is 0.244 e. The lowest BCUT2D eigenvalue weighted by Crippen LogP contribution is -2.53. The fourth-order valence-corrected chi connectivity index (χ4v) is 5.16. The van der Waals surface area contributed by atoms with Crippen LogP contribution in [0.25, 0.3) is 0 Å². The van der Waals surface area contributed by atoms with Gasteiger partial charge in [-0.3, -0.25) is 13.9 Å². The van der Waals surface area contributed by atoms with Gasteiger partial charge in [-0.15, -0.1) is 0 Å². The SMILES string of the molecule is CCNC(=O)C(Cc1ccccc1)N(Cc1ccccc1)C(=O)CN(c1cccc(Cl)c1C)S(C)(=O)=O. The van der Waals surface area contributed by atoms with Crippen molar-refractivity contribution >= 4 is 39.1 Å². The van der Waals surface area contributed by atoms with Crippen molar-refractivity contribution in [3.8, 4) is 0 Å². The number of carbonyl (C=O) groups excluding carboxylic acids is 2. The van der Waals surface area contributed by atoms with Gasteiger partial charge in [0.25, 0.3) is 0 Å². The molecule has 0 aliphatic carbocycles. The third-order valence-corrected chi connectivity index (χ3v) is 7.54. The topological polar surface area (TPSA) is 86.8 Å². The predicted molar refractivity (Wildman–Crippen MR) is 148 cm³/mol. The van der Waals surface area contributed by atoms with Crippen molar-refractivity contribution in [2.75, 3.05) is 23.7 Å². The number of likely N-dealkylation sites (N-methyl/N-ethyl adjacent to an activating group) is 1. The van der Waals surface area contributed by atoms with E-state index in [9.17, 15) is 18.0 Å². The molecule has 196 valence electrons. The van der Waals surface area contributed by atoms with Crippen LogP contribution in [0.3, 0.4) is 0 Å². The molecule has 1 atom stereocenters. The van der Waals surface area contributed by atoms with E-state index in [4.69, 9.17) is 11.6 Å². The summed E-state index contributed by atoms with van der Waals surface area (Å²) in [4.78, 5) is 28.7. The van der Waals surface area contributed by atoms with Gasteiger partial charge in [-0.2, -0.15) is 0 Å². The van der Waals surface area contributed by atoms with E-state index >= 15 is 0 Å². The molecule has 37 heavy (non-hydrogen) atoms. The third kappa shape index (κ3) is 7.57. The van der Waals surface area contributed by atoms with Gasteiger partial charge in [-0.05, 0) is 42.7 Å². The average molecular weight is 542 g/mol. The fraction of sp³-hybridized carbons (Fsp3) is 0.286. The monoisotopic (exact) mass is 541 g/mol. The molecule has 0 radical (unpaired) electrons. The van der Waals surface area contributed by atoms with Crippen molar-refractivity contribution in [3.05, 3.63) is 101 Å². The van der Waals surface area contributed by atoms with Crippen molar-refractivity contribution in [1.29, 1.82) is 0 Å². The minimum atomic E-state index is -3.85. The van der Waals surface area contributed by atoms with Crippen LogP contribution >= 0.6 is 11.6 Å². The van der Waals surface area contributed by atoms with Crippen molar-refractivity contribution < 1.29 is 18.0 Å². The zero-order valence-electron chi connectivity index (χ0n) is 21.2. The Morgan fingerprint density at radius 2 is 1.51 bits per heavy atom. The molecular weight excluding hydrogens is 510 g/mol. The van der Waals surface area contributed by atoms with E-state index in [1.54, 1.807) is 25.1 Å². The highest BCUT2D eigenvalue weighted by molar-refractivity contribution is 7.92. The summed E-state index contributed by atoms with van der Waals surface area (Å²) in [6, 6.07) is 22.8. The molecule has 2 amide bonds. The molecule has 0 aromatic heterocycles. The number of anilines is 1. The summed E-state index contributed by atoms with van der Waals surface area (Å²) in [5.74, 6) is -0.804. The van der Waals surface area contributed by atoms with E-state index in [0.717, 1.165) is 21.7 Å². The molecule has 0 fully saturated rings. The number of nitrogens with one attached hydrogen (secondary N) is 1. The van der Waals surface area contributed by atoms with Crippen LogP contribution in [0.5, 0.6) is 0 Å². The second-order valence-electron chi connectivity index (χ2n) is 8.76. The summed E-state index contributed by atoms with van der Waals surface area (Å²) in [5.41, 5.74) is 2.57. The lowest BCUT2D eigenvalue weighted by molar-refractivity contribution is -0.140. The maximum absolute atomic E-state index is 13.9. The number of hydrogen-bond donors (Lipinski definition) is 1. The normalized spacial score (nSPS) is 12.0. The summed E-state index contributed by atoms with van der Waals surface area (Å²) in [6.45, 7) is 3.58. The maximum atomic E-state index is 13.9. The molecule has 0 spiro atoms. The van der Waals surface area contributed by atoms with Crippen LogP contribution in [0.1, 0.15) is 23.6 Å². The quantitative estimate of drug-likeness (QED) is 0.394. The number of carbonyl (C=O) groups is 2. The Bertz CT molecular complexity index is 1320. The molecule has 3 rings (SSSR count). The van der Waals surface area contributed by atoms with Crippen molar-refractivity contribution in [2.45, 2.75) is 32.9 Å². The summed E-state index contributed by atoms with van der Waals surface area (Å²) in [6.07, 6.45) is 1.33. The van der Waals surface area contributed by atoms with Crippen molar-refractivity contribution in [3.63, 3.8) is 0 Å². The molecule has 3 aromatic rings. The number of sulfonamides is 1. The molecule has 3 aromatic carbocycles. The van der Waals surface area contributed by atoms with Crippen LogP contribution in [0.15, 0.2) is 78.9 Å². The van der Waals surface area contributed by atoms with Crippen LogP contribution < -0.4 is 9.62 Å². The second-order valence-corrected chi connectivity index (χ2v) is 11.1. The van der Waals surface area contributed by atoms with Gasteiger partial charge in [-0.25, -0.2) is 8.42 Å². The van der Waals surface area contributed by atoms with Crippen LogP contribution in [0.2, 0.25) is 5.02 Å². The largest absolute Gasteiger partial charge is 0.355 e. The van der Waals surface area contributed by atoms with Crippen molar-refractivity contribution in [1.82, 2.24) is 10.2 Å². The van der Waals surface area contributed by atoms with Crippen LogP contribution in [-0.2, 0) is 32.6 Å². The lowest BCUT2D eigenvalue weighted by atomic mass is 10.0. The highest BCUT2D eigenvalue weighted by Crippen LogP contribution is 2.28. The summed E-state index contributed by atoms with van der Waals surface area (Å²) in [7, 11) is -3.85. The summed E-state index contributed by atoms with van der Waals surface area (Å²) < 4.78 is 26.7. The maximum Gasteiger partial charge on any atom is 0.244 e. The van der Waals surface area contributed by atoms with Gasteiger partial charge in [0.05, 0.1) is 11.9 Å². The molecule has 0 bridgehead atoms. The minimum absolute atomic E-state index is 0.139. The zero-order valence-corrected chi connectivity index (χ0v) is 22.8. The Morgan fingerprint density at radius 3 is 2.08 bits per heavy atom. The van der Waals surface area contributed by atoms with Gasteiger partial charge in [0.1, 0.15) is 12.6 Å². The van der Waals surface area contributed by atoms with E-state index < -0.39 is 28.5 Å². The number of benzene rings is 3. The average Bonchev–Trinajstić information content (AvgIpc) is 2.87. The van der Waals surface area contributed by atoms with Gasteiger partial charge in [0, 0.05) is 24.5 Å². The Kier molecular flexibility index (Phi) is 9.72. The molecule has 0 saturated carbocycles. The van der Waals surface area contributed by atoms with Crippen LogP contribution in [-0.4, -0.2) is 50.5 Å². The van der Waals surface area contributed by atoms with E-state index in [0.29, 0.717) is 22.8 Å². The highest BCUT2D eigenvalue weighted by Gasteiger charge is 2.33. The zero-order chi connectivity index (χ0) is 27.0. The van der Waals surface area contributed by atoms with Gasteiger partial charge >= 0.3 is 0 Å². The standard InChI is InChI=1S/C28H32ClN3O4S/c1-4-30-28(34)26(18-22-12-7-5-8-13-22)31(19-23-14-9-6-10-15-23)27(33)20-32(37(3,35)36)25-17-11-16-24(29)21(25)2/h5-17,26H,4,18-20H2,1-3H3,(H,30,34). The number of halogens is 1. The van der Waals surface area contributed by atoms with E-state index in [1.165, 1.54) is 4.90 Å². The number of amides is 2. The number of nitrogens with zero attached hydrogens (tertiary/aromatic N) is 2. The predicted octanol–water partition coefficient (Wildman–Crippen LogP) is 4.19. The van der Waals surface area contributed by atoms with E-state index in [-0.39, 0.29) is 18.9 Å². The number of rotatable bonds is 11. The first-order valence-corrected chi connectivity index (χ1v) is 14.2. The molecule has 7 nitrogen and oxygen atoms in total. The number of hydrogen-bond acceptors (Lipinski definition) is 4. The first-order chi connectivity index (χ1) is 17.6. The van der Waals surface area contributed by atoms with Gasteiger partial charge in [0.2, 0.25) is 21.8 Å². The Labute approximate surface area is 224 Å². The third-order valence-electron chi connectivity index (χ3n) is 6.00. The molecule has 0 saturated heterocycles. The van der Waals surface area contributed by atoms with Gasteiger partial charge < -0.3 is 10.2 Å². The van der Waals surface area contributed by atoms with Crippen molar-refractivity contribution in [2.24, 2.45) is 0 Å². The second kappa shape index (κ2) is 12.7. The lowest BCUT2D eigenvalue weighted by Gasteiger charge is -2.33. The molecule has 0 aliphatic heterocycles. The van der Waals surface area contributed by atoms with Crippen LogP contribution in [0.4, 0.5) is 5.69 Å². The minimum Gasteiger partial charge on any atom is -0.355 e. The van der Waals surface area contributed by atoms with Crippen LogP contribution in [0, 0.1) is 6.92 Å². The van der Waals surface area contributed by atoms with Gasteiger partial charge in [0.15, 0.2) is 0 Å². The van der Waals surface area contributed by atoms with E-state index in [2.05, 4.69) is 5.32 Å².